The van der Waals surface area contributed by atoms with Crippen molar-refractivity contribution in [3.8, 4) is 11.8 Å². The van der Waals surface area contributed by atoms with Crippen LogP contribution in [-0.2, 0) is 5.33 Å². The zero-order valence-corrected chi connectivity index (χ0v) is 13.0. The fourth-order valence-corrected chi connectivity index (χ4v) is 2.10. The van der Waals surface area contributed by atoms with Gasteiger partial charge in [0.1, 0.15) is 5.75 Å². The van der Waals surface area contributed by atoms with E-state index in [1.165, 1.54) is 0 Å². The Labute approximate surface area is 122 Å². The van der Waals surface area contributed by atoms with Crippen molar-refractivity contribution >= 4 is 27.5 Å². The molecule has 98 valence electrons. The Balaban J connectivity index is 2.43. The molecule has 4 heteroatoms. The Morgan fingerprint density at radius 2 is 2.17 bits per heavy atom. The molecule has 0 aliphatic rings. The highest BCUT2D eigenvalue weighted by atomic mass is 79.9. The Kier molecular flexibility index (Phi) is 5.98. The second-order valence-corrected chi connectivity index (χ2v) is 5.81. The van der Waals surface area contributed by atoms with Crippen molar-refractivity contribution in [2.45, 2.75) is 32.0 Å². The molecule has 1 rings (SSSR count). The molecule has 0 bridgehead atoms. The summed E-state index contributed by atoms with van der Waals surface area (Å²) in [7, 11) is 0. The molecule has 0 saturated carbocycles. The normalized spacial score (nSPS) is 11.1. The van der Waals surface area contributed by atoms with Crippen molar-refractivity contribution < 1.29 is 4.74 Å². The SMILES string of the molecule is CC(C)(C#N)CCCOc1ccc(CBr)cc1Cl. The van der Waals surface area contributed by atoms with Crippen LogP contribution in [0.15, 0.2) is 18.2 Å². The summed E-state index contributed by atoms with van der Waals surface area (Å²) in [5, 5.41) is 10.3. The minimum absolute atomic E-state index is 0.285. The van der Waals surface area contributed by atoms with Gasteiger partial charge in [-0.25, -0.2) is 0 Å². The van der Waals surface area contributed by atoms with E-state index in [0.717, 1.165) is 23.7 Å². The second-order valence-electron chi connectivity index (χ2n) is 4.85. The van der Waals surface area contributed by atoms with Crippen LogP contribution in [0.2, 0.25) is 5.02 Å². The fraction of sp³-hybridized carbons (Fsp3) is 0.500. The minimum atomic E-state index is -0.285. The summed E-state index contributed by atoms with van der Waals surface area (Å²) in [5.74, 6) is 0.705. The van der Waals surface area contributed by atoms with Gasteiger partial charge in [0.2, 0.25) is 0 Å². The average Bonchev–Trinajstić information content (AvgIpc) is 2.36. The quantitative estimate of drug-likeness (QED) is 0.546. The number of alkyl halides is 1. The summed E-state index contributed by atoms with van der Waals surface area (Å²) in [6.45, 7) is 4.45. The molecule has 0 saturated heterocycles. The number of ether oxygens (including phenoxy) is 1. The van der Waals surface area contributed by atoms with E-state index in [4.69, 9.17) is 21.6 Å². The van der Waals surface area contributed by atoms with E-state index >= 15 is 0 Å². The molecule has 0 spiro atoms. The Hall–Kier alpha value is -0.720. The summed E-state index contributed by atoms with van der Waals surface area (Å²) < 4.78 is 5.62. The van der Waals surface area contributed by atoms with Gasteiger partial charge in [-0.1, -0.05) is 33.6 Å². The van der Waals surface area contributed by atoms with Gasteiger partial charge in [0.05, 0.1) is 23.1 Å². The number of nitriles is 1. The molecule has 0 N–H and O–H groups in total. The van der Waals surface area contributed by atoms with E-state index in [-0.39, 0.29) is 5.41 Å². The van der Waals surface area contributed by atoms with Gasteiger partial charge in [0, 0.05) is 5.33 Å². The molecule has 1 aromatic rings. The first-order valence-electron chi connectivity index (χ1n) is 5.87. The predicted molar refractivity (Wildman–Crippen MR) is 78.2 cm³/mol. The van der Waals surface area contributed by atoms with Crippen LogP contribution in [0.3, 0.4) is 0 Å². The van der Waals surface area contributed by atoms with Crippen LogP contribution in [0.25, 0.3) is 0 Å². The standard InChI is InChI=1S/C14H17BrClNO/c1-14(2,10-17)6-3-7-18-13-5-4-11(9-15)8-12(13)16/h4-5,8H,3,6-7,9H2,1-2H3. The van der Waals surface area contributed by atoms with E-state index in [1.54, 1.807) is 0 Å². The Bertz CT molecular complexity index is 440. The van der Waals surface area contributed by atoms with Gasteiger partial charge in [-0.3, -0.25) is 0 Å². The van der Waals surface area contributed by atoms with Gasteiger partial charge in [-0.05, 0) is 44.4 Å². The predicted octanol–water partition coefficient (Wildman–Crippen LogP) is 4.94. The van der Waals surface area contributed by atoms with E-state index in [1.807, 2.05) is 32.0 Å². The summed E-state index contributed by atoms with van der Waals surface area (Å²) >= 11 is 9.49. The van der Waals surface area contributed by atoms with E-state index in [2.05, 4.69) is 22.0 Å². The molecule has 0 unspecified atom stereocenters. The lowest BCUT2D eigenvalue weighted by atomic mass is 9.90. The smallest absolute Gasteiger partial charge is 0.137 e. The monoisotopic (exact) mass is 329 g/mol. The molecule has 18 heavy (non-hydrogen) atoms. The first-order valence-corrected chi connectivity index (χ1v) is 7.37. The summed E-state index contributed by atoms with van der Waals surface area (Å²) in [5.41, 5.74) is 0.838. The van der Waals surface area contributed by atoms with Crippen LogP contribution in [0, 0.1) is 16.7 Å². The summed E-state index contributed by atoms with van der Waals surface area (Å²) in [4.78, 5) is 0. The maximum absolute atomic E-state index is 8.90. The maximum Gasteiger partial charge on any atom is 0.137 e. The third-order valence-electron chi connectivity index (χ3n) is 2.66. The van der Waals surface area contributed by atoms with E-state index < -0.39 is 0 Å². The fourth-order valence-electron chi connectivity index (χ4n) is 1.50. The molecule has 0 aliphatic carbocycles. The zero-order valence-electron chi connectivity index (χ0n) is 10.7. The Morgan fingerprint density at radius 3 is 2.72 bits per heavy atom. The largest absolute Gasteiger partial charge is 0.492 e. The lowest BCUT2D eigenvalue weighted by Crippen LogP contribution is -2.10. The molecule has 0 aromatic heterocycles. The van der Waals surface area contributed by atoms with Gasteiger partial charge >= 0.3 is 0 Å². The number of halogens is 2. The number of hydrogen-bond acceptors (Lipinski definition) is 2. The summed E-state index contributed by atoms with van der Waals surface area (Å²) in [6.07, 6.45) is 1.66. The number of hydrogen-bond donors (Lipinski definition) is 0. The van der Waals surface area contributed by atoms with Gasteiger partial charge in [0.25, 0.3) is 0 Å². The molecule has 2 nitrogen and oxygen atoms in total. The van der Waals surface area contributed by atoms with Crippen LogP contribution in [0.1, 0.15) is 32.3 Å². The number of nitrogens with zero attached hydrogens (tertiary/aromatic N) is 1. The van der Waals surface area contributed by atoms with E-state index in [9.17, 15) is 0 Å². The molecule has 0 atom stereocenters. The highest BCUT2D eigenvalue weighted by Crippen LogP contribution is 2.27. The first-order chi connectivity index (χ1) is 8.48. The van der Waals surface area contributed by atoms with Crippen molar-refractivity contribution in [2.75, 3.05) is 6.61 Å². The number of benzene rings is 1. The van der Waals surface area contributed by atoms with Crippen LogP contribution < -0.4 is 4.74 Å². The van der Waals surface area contributed by atoms with Crippen LogP contribution in [0.5, 0.6) is 5.75 Å². The molecule has 0 aliphatic heterocycles. The molecule has 0 radical (unpaired) electrons. The molecule has 0 amide bonds. The van der Waals surface area contributed by atoms with Crippen LogP contribution in [0.4, 0.5) is 0 Å². The topological polar surface area (TPSA) is 33.0 Å². The molecular formula is C14H17BrClNO. The minimum Gasteiger partial charge on any atom is -0.492 e. The lowest BCUT2D eigenvalue weighted by molar-refractivity contribution is 0.284. The van der Waals surface area contributed by atoms with Crippen molar-refractivity contribution in [2.24, 2.45) is 5.41 Å². The lowest BCUT2D eigenvalue weighted by Gasteiger charge is -2.15. The van der Waals surface area contributed by atoms with Gasteiger partial charge < -0.3 is 4.74 Å². The van der Waals surface area contributed by atoms with Gasteiger partial charge in [-0.2, -0.15) is 5.26 Å². The maximum atomic E-state index is 8.90. The zero-order chi connectivity index (χ0) is 13.6. The Morgan fingerprint density at radius 1 is 1.44 bits per heavy atom. The molecule has 0 fully saturated rings. The van der Waals surface area contributed by atoms with Crippen molar-refractivity contribution in [3.63, 3.8) is 0 Å². The molecular weight excluding hydrogens is 314 g/mol. The van der Waals surface area contributed by atoms with E-state index in [0.29, 0.717) is 17.4 Å². The number of rotatable bonds is 6. The molecule has 1 aromatic carbocycles. The van der Waals surface area contributed by atoms with Gasteiger partial charge in [-0.15, -0.1) is 0 Å². The average molecular weight is 331 g/mol. The molecule has 0 heterocycles. The van der Waals surface area contributed by atoms with Crippen LogP contribution >= 0.6 is 27.5 Å². The highest BCUT2D eigenvalue weighted by Gasteiger charge is 2.15. The third-order valence-corrected chi connectivity index (χ3v) is 3.60. The third kappa shape index (κ3) is 4.88. The summed E-state index contributed by atoms with van der Waals surface area (Å²) in [6, 6.07) is 8.04. The highest BCUT2D eigenvalue weighted by molar-refractivity contribution is 9.08. The van der Waals surface area contributed by atoms with Crippen molar-refractivity contribution in [1.29, 1.82) is 5.26 Å². The second kappa shape index (κ2) is 7.01. The van der Waals surface area contributed by atoms with Gasteiger partial charge in [0.15, 0.2) is 0 Å². The first kappa shape index (κ1) is 15.3. The van der Waals surface area contributed by atoms with Crippen molar-refractivity contribution in [1.82, 2.24) is 0 Å². The van der Waals surface area contributed by atoms with Crippen molar-refractivity contribution in [3.05, 3.63) is 28.8 Å². The van der Waals surface area contributed by atoms with Crippen LogP contribution in [-0.4, -0.2) is 6.61 Å².